The molecule has 0 aromatic rings. The third-order valence-corrected chi connectivity index (χ3v) is 2.65. The zero-order valence-corrected chi connectivity index (χ0v) is 8.90. The Labute approximate surface area is 82.1 Å². The maximum absolute atomic E-state index is 11.4. The molecule has 1 amide bonds. The molecule has 0 saturated heterocycles. The minimum Gasteiger partial charge on any atom is -0.480 e. The molecule has 0 aliphatic carbocycles. The molecule has 0 radical (unpaired) electrons. The first-order chi connectivity index (χ1) is 5.90. The van der Waals surface area contributed by atoms with Gasteiger partial charge < -0.3 is 10.4 Å². The summed E-state index contributed by atoms with van der Waals surface area (Å²) in [5.74, 6) is -0.430. The lowest BCUT2D eigenvalue weighted by Gasteiger charge is -2.21. The molecule has 0 aliphatic heterocycles. The number of thioether (sulfide) groups is 1. The molecule has 0 atom stereocenters. The van der Waals surface area contributed by atoms with Gasteiger partial charge >= 0.3 is 5.97 Å². The number of nitrogens with one attached hydrogen (secondary N) is 1. The highest BCUT2D eigenvalue weighted by Crippen LogP contribution is 2.23. The lowest BCUT2D eigenvalue weighted by Crippen LogP contribution is -2.42. The van der Waals surface area contributed by atoms with E-state index in [1.165, 1.54) is 11.8 Å². The monoisotopic (exact) mass is 205 g/mol. The van der Waals surface area contributed by atoms with E-state index >= 15 is 0 Å². The maximum Gasteiger partial charge on any atom is 0.322 e. The van der Waals surface area contributed by atoms with Crippen LogP contribution in [0.5, 0.6) is 0 Å². The van der Waals surface area contributed by atoms with Crippen LogP contribution in [-0.4, -0.2) is 34.0 Å². The van der Waals surface area contributed by atoms with Gasteiger partial charge in [0.1, 0.15) is 6.54 Å². The molecule has 13 heavy (non-hydrogen) atoms. The van der Waals surface area contributed by atoms with Crippen molar-refractivity contribution in [1.82, 2.24) is 5.32 Å². The molecule has 0 aromatic carbocycles. The lowest BCUT2D eigenvalue weighted by atomic mass is 10.2. The summed E-state index contributed by atoms with van der Waals surface area (Å²) in [6, 6.07) is 0. The van der Waals surface area contributed by atoms with Crippen molar-refractivity contribution in [3.8, 4) is 0 Å². The number of carbonyl (C=O) groups excluding carboxylic acids is 1. The molecular weight excluding hydrogens is 190 g/mol. The van der Waals surface area contributed by atoms with E-state index in [2.05, 4.69) is 5.32 Å². The van der Waals surface area contributed by atoms with E-state index in [9.17, 15) is 9.59 Å². The Kier molecular flexibility index (Phi) is 4.83. The van der Waals surface area contributed by atoms with Gasteiger partial charge in [-0.3, -0.25) is 9.59 Å². The zero-order chi connectivity index (χ0) is 10.5. The van der Waals surface area contributed by atoms with Gasteiger partial charge in [-0.2, -0.15) is 0 Å². The predicted octanol–water partition coefficient (Wildman–Crippen LogP) is 0.719. The highest BCUT2D eigenvalue weighted by Gasteiger charge is 2.27. The summed E-state index contributed by atoms with van der Waals surface area (Å²) in [7, 11) is 0. The molecular formula is C8H15NO3S. The Bertz CT molecular complexity index is 204. The summed E-state index contributed by atoms with van der Waals surface area (Å²) in [6.45, 7) is 5.19. The lowest BCUT2D eigenvalue weighted by molar-refractivity contribution is -0.138. The largest absolute Gasteiger partial charge is 0.480 e. The molecule has 0 spiro atoms. The van der Waals surface area contributed by atoms with Crippen molar-refractivity contribution in [2.45, 2.75) is 25.5 Å². The second kappa shape index (κ2) is 5.11. The minimum atomic E-state index is -1.02. The molecule has 0 bridgehead atoms. The van der Waals surface area contributed by atoms with Gasteiger partial charge in [0, 0.05) is 0 Å². The third kappa shape index (κ3) is 4.77. The van der Waals surface area contributed by atoms with Gasteiger partial charge in [0.05, 0.1) is 4.75 Å². The van der Waals surface area contributed by atoms with Crippen LogP contribution in [0.3, 0.4) is 0 Å². The van der Waals surface area contributed by atoms with Crippen molar-refractivity contribution in [2.75, 3.05) is 12.3 Å². The van der Waals surface area contributed by atoms with Crippen LogP contribution in [-0.2, 0) is 9.59 Å². The summed E-state index contributed by atoms with van der Waals surface area (Å²) in [5.41, 5.74) is 0. The summed E-state index contributed by atoms with van der Waals surface area (Å²) < 4.78 is -0.551. The van der Waals surface area contributed by atoms with Crippen molar-refractivity contribution >= 4 is 23.6 Å². The van der Waals surface area contributed by atoms with E-state index in [1.54, 1.807) is 13.8 Å². The Balaban J connectivity index is 4.01. The number of amides is 1. The van der Waals surface area contributed by atoms with Gasteiger partial charge in [-0.05, 0) is 19.6 Å². The van der Waals surface area contributed by atoms with Crippen molar-refractivity contribution in [2.24, 2.45) is 0 Å². The fourth-order valence-electron chi connectivity index (χ4n) is 0.795. The molecule has 0 aromatic heterocycles. The number of rotatable bonds is 5. The third-order valence-electron chi connectivity index (χ3n) is 1.45. The Hall–Kier alpha value is -0.710. The van der Waals surface area contributed by atoms with Crippen LogP contribution in [0.15, 0.2) is 0 Å². The van der Waals surface area contributed by atoms with Crippen LogP contribution in [0.4, 0.5) is 0 Å². The standard InChI is InChI=1S/C8H15NO3S/c1-4-13-8(2,3)7(12)9-5-6(10)11/h4-5H2,1-3H3,(H,9,12)(H,10,11). The molecule has 76 valence electrons. The first-order valence-corrected chi connectivity index (χ1v) is 5.02. The Morgan fingerprint density at radius 3 is 2.38 bits per heavy atom. The second-order valence-corrected chi connectivity index (χ2v) is 4.91. The van der Waals surface area contributed by atoms with Gasteiger partial charge in [-0.1, -0.05) is 6.92 Å². The molecule has 5 heteroatoms. The van der Waals surface area contributed by atoms with Gasteiger partial charge in [0.15, 0.2) is 0 Å². The molecule has 0 heterocycles. The van der Waals surface area contributed by atoms with Crippen LogP contribution in [0.2, 0.25) is 0 Å². The smallest absolute Gasteiger partial charge is 0.322 e. The number of aliphatic carboxylic acids is 1. The van der Waals surface area contributed by atoms with Crippen molar-refractivity contribution < 1.29 is 14.7 Å². The molecule has 0 unspecified atom stereocenters. The van der Waals surface area contributed by atoms with Gasteiger partial charge in [-0.15, -0.1) is 11.8 Å². The average Bonchev–Trinajstić information content (AvgIpc) is 1.99. The van der Waals surface area contributed by atoms with Crippen molar-refractivity contribution in [1.29, 1.82) is 0 Å². The number of carbonyl (C=O) groups is 2. The topological polar surface area (TPSA) is 66.4 Å². The predicted molar refractivity (Wildman–Crippen MR) is 52.9 cm³/mol. The van der Waals surface area contributed by atoms with Crippen LogP contribution in [0.25, 0.3) is 0 Å². The van der Waals surface area contributed by atoms with E-state index in [1.807, 2.05) is 6.92 Å². The normalized spacial score (nSPS) is 11.0. The van der Waals surface area contributed by atoms with E-state index < -0.39 is 10.7 Å². The van der Waals surface area contributed by atoms with E-state index in [-0.39, 0.29) is 12.5 Å². The SMILES string of the molecule is CCSC(C)(C)C(=O)NCC(=O)O. The van der Waals surface area contributed by atoms with Crippen LogP contribution < -0.4 is 5.32 Å². The second-order valence-electron chi connectivity index (χ2n) is 3.02. The molecule has 0 aliphatic rings. The quantitative estimate of drug-likeness (QED) is 0.694. The number of carboxylic acid groups (broad SMARTS) is 1. The minimum absolute atomic E-state index is 0.234. The molecule has 0 rings (SSSR count). The van der Waals surface area contributed by atoms with Crippen molar-refractivity contribution in [3.63, 3.8) is 0 Å². The molecule has 4 nitrogen and oxygen atoms in total. The van der Waals surface area contributed by atoms with Crippen LogP contribution >= 0.6 is 11.8 Å². The maximum atomic E-state index is 11.4. The highest BCUT2D eigenvalue weighted by atomic mass is 32.2. The van der Waals surface area contributed by atoms with Gasteiger partial charge in [0.2, 0.25) is 5.91 Å². The molecule has 2 N–H and O–H groups in total. The first-order valence-electron chi connectivity index (χ1n) is 4.04. The number of hydrogen-bond acceptors (Lipinski definition) is 3. The Morgan fingerprint density at radius 1 is 1.46 bits per heavy atom. The average molecular weight is 205 g/mol. The van der Waals surface area contributed by atoms with Gasteiger partial charge in [0.25, 0.3) is 0 Å². The van der Waals surface area contributed by atoms with E-state index in [0.717, 1.165) is 5.75 Å². The first kappa shape index (κ1) is 12.3. The number of carboxylic acids is 1. The van der Waals surface area contributed by atoms with Crippen LogP contribution in [0.1, 0.15) is 20.8 Å². The van der Waals surface area contributed by atoms with Crippen LogP contribution in [0, 0.1) is 0 Å². The summed E-state index contributed by atoms with van der Waals surface area (Å²) in [4.78, 5) is 21.5. The summed E-state index contributed by atoms with van der Waals surface area (Å²) >= 11 is 1.49. The Morgan fingerprint density at radius 2 is 2.00 bits per heavy atom. The molecule has 0 saturated carbocycles. The fraction of sp³-hybridized carbons (Fsp3) is 0.750. The summed E-state index contributed by atoms with van der Waals surface area (Å²) in [5, 5.41) is 10.7. The zero-order valence-electron chi connectivity index (χ0n) is 8.09. The van der Waals surface area contributed by atoms with E-state index in [0.29, 0.717) is 0 Å². The van der Waals surface area contributed by atoms with Gasteiger partial charge in [-0.25, -0.2) is 0 Å². The van der Waals surface area contributed by atoms with E-state index in [4.69, 9.17) is 5.11 Å². The highest BCUT2D eigenvalue weighted by molar-refractivity contribution is 8.01. The van der Waals surface area contributed by atoms with Crippen molar-refractivity contribution in [3.05, 3.63) is 0 Å². The number of hydrogen-bond donors (Lipinski definition) is 2. The summed E-state index contributed by atoms with van der Waals surface area (Å²) in [6.07, 6.45) is 0. The molecule has 0 fully saturated rings. The fourth-order valence-corrected chi connectivity index (χ4v) is 1.72.